The van der Waals surface area contributed by atoms with Gasteiger partial charge in [-0.25, -0.2) is 0 Å². The van der Waals surface area contributed by atoms with E-state index in [1.807, 2.05) is 0 Å². The van der Waals surface area contributed by atoms with E-state index in [1.165, 1.54) is 6.42 Å². The Hall–Kier alpha value is -1.23. The van der Waals surface area contributed by atoms with Crippen molar-refractivity contribution in [3.05, 3.63) is 0 Å². The first-order chi connectivity index (χ1) is 15.9. The van der Waals surface area contributed by atoms with Crippen LogP contribution in [0.2, 0.25) is 0 Å². The van der Waals surface area contributed by atoms with Crippen molar-refractivity contribution in [1.29, 1.82) is 0 Å². The maximum atomic E-state index is 13.5. The highest BCUT2D eigenvalue weighted by Gasteiger charge is 2.61. The van der Waals surface area contributed by atoms with Crippen molar-refractivity contribution in [2.75, 3.05) is 6.54 Å². The van der Waals surface area contributed by atoms with E-state index in [4.69, 9.17) is 5.73 Å². The average molecular weight is 501 g/mol. The molecule has 34 heavy (non-hydrogen) atoms. The lowest BCUT2D eigenvalue weighted by Gasteiger charge is -2.40. The SMILES string of the molecule is CC1(C)[C@@H]2CC[C@@]1(C)[C@@H](NC(=O)[C@H](CC1CCCCC1)NS(=O)(=O)N[C@@H](CCCN)C(=O)O)C2. The molecule has 9 nitrogen and oxygen atoms in total. The van der Waals surface area contributed by atoms with Crippen molar-refractivity contribution in [2.24, 2.45) is 28.4 Å². The van der Waals surface area contributed by atoms with Crippen LogP contribution in [0.5, 0.6) is 0 Å². The molecule has 6 N–H and O–H groups in total. The van der Waals surface area contributed by atoms with Gasteiger partial charge >= 0.3 is 5.97 Å². The fourth-order valence-electron chi connectivity index (χ4n) is 6.62. The van der Waals surface area contributed by atoms with Gasteiger partial charge < -0.3 is 16.2 Å². The zero-order valence-corrected chi connectivity index (χ0v) is 21.8. The van der Waals surface area contributed by atoms with E-state index in [9.17, 15) is 23.1 Å². The molecule has 0 spiro atoms. The van der Waals surface area contributed by atoms with Crippen molar-refractivity contribution < 1.29 is 23.1 Å². The van der Waals surface area contributed by atoms with Gasteiger partial charge in [0.05, 0.1) is 0 Å². The number of nitrogens with two attached hydrogens (primary N) is 1. The van der Waals surface area contributed by atoms with Gasteiger partial charge in [0.25, 0.3) is 10.2 Å². The zero-order chi connectivity index (χ0) is 25.1. The van der Waals surface area contributed by atoms with E-state index < -0.39 is 28.3 Å². The van der Waals surface area contributed by atoms with E-state index in [0.717, 1.165) is 44.9 Å². The number of carboxylic acids is 1. The number of rotatable bonds is 12. The molecule has 0 saturated heterocycles. The Morgan fingerprint density at radius 2 is 1.71 bits per heavy atom. The molecule has 3 fully saturated rings. The van der Waals surface area contributed by atoms with Crippen LogP contribution in [0.1, 0.15) is 91.4 Å². The lowest BCUT2D eigenvalue weighted by Crippen LogP contribution is -2.57. The zero-order valence-electron chi connectivity index (χ0n) is 20.9. The monoisotopic (exact) mass is 500 g/mol. The highest BCUT2D eigenvalue weighted by molar-refractivity contribution is 7.87. The van der Waals surface area contributed by atoms with E-state index >= 15 is 0 Å². The van der Waals surface area contributed by atoms with Crippen LogP contribution >= 0.6 is 0 Å². The summed E-state index contributed by atoms with van der Waals surface area (Å²) >= 11 is 0. The Kier molecular flexibility index (Phi) is 8.69. The first-order valence-electron chi connectivity index (χ1n) is 12.9. The van der Waals surface area contributed by atoms with Crippen LogP contribution in [0.25, 0.3) is 0 Å². The Morgan fingerprint density at radius 3 is 2.24 bits per heavy atom. The fourth-order valence-corrected chi connectivity index (χ4v) is 7.86. The lowest BCUT2D eigenvalue weighted by molar-refractivity contribution is -0.139. The number of fused-ring (bicyclic) bond motifs is 2. The summed E-state index contributed by atoms with van der Waals surface area (Å²) in [5, 5.41) is 12.6. The molecule has 0 radical (unpaired) electrons. The summed E-state index contributed by atoms with van der Waals surface area (Å²) in [6, 6.07) is -2.21. The number of hydrogen-bond acceptors (Lipinski definition) is 5. The minimum absolute atomic E-state index is 0.0105. The van der Waals surface area contributed by atoms with Crippen molar-refractivity contribution in [3.63, 3.8) is 0 Å². The predicted octanol–water partition coefficient (Wildman–Crippen LogP) is 2.27. The van der Waals surface area contributed by atoms with Crippen molar-refractivity contribution in [2.45, 2.75) is 110 Å². The summed E-state index contributed by atoms with van der Waals surface area (Å²) in [5.74, 6) is -0.743. The molecule has 2 bridgehead atoms. The third-order valence-electron chi connectivity index (χ3n) is 9.31. The number of carbonyl (C=O) groups excluding carboxylic acids is 1. The minimum Gasteiger partial charge on any atom is -0.480 e. The molecule has 3 aliphatic rings. The van der Waals surface area contributed by atoms with Crippen LogP contribution in [0.15, 0.2) is 0 Å². The highest BCUT2D eigenvalue weighted by Crippen LogP contribution is 2.65. The topological polar surface area (TPSA) is 151 Å². The van der Waals surface area contributed by atoms with E-state index in [2.05, 4.69) is 35.5 Å². The van der Waals surface area contributed by atoms with Crippen LogP contribution in [0, 0.1) is 22.7 Å². The van der Waals surface area contributed by atoms with Crippen molar-refractivity contribution in [1.82, 2.24) is 14.8 Å². The third kappa shape index (κ3) is 5.94. The number of amides is 1. The predicted molar refractivity (Wildman–Crippen MR) is 131 cm³/mol. The van der Waals surface area contributed by atoms with Crippen molar-refractivity contribution in [3.8, 4) is 0 Å². The smallest absolute Gasteiger partial charge is 0.321 e. The largest absolute Gasteiger partial charge is 0.480 e. The highest BCUT2D eigenvalue weighted by atomic mass is 32.2. The standard InChI is InChI=1S/C24H44N4O5S/c1-23(2)17-11-12-24(23,3)20(15-17)26-21(29)19(14-16-8-5-4-6-9-16)28-34(32,33)27-18(22(30)31)10-7-13-25/h16-20,27-28H,4-15,25H2,1-3H3,(H,26,29)(H,30,31)/t17-,18+,19+,20+,24+/m1/s1. The number of aliphatic carboxylic acids is 1. The molecule has 3 rings (SSSR count). The maximum Gasteiger partial charge on any atom is 0.321 e. The summed E-state index contributed by atoms with van der Waals surface area (Å²) < 4.78 is 30.5. The molecule has 0 aromatic heterocycles. The van der Waals surface area contributed by atoms with Gasteiger partial charge in [-0.2, -0.15) is 17.9 Å². The third-order valence-corrected chi connectivity index (χ3v) is 10.5. The number of carbonyl (C=O) groups is 2. The van der Waals surface area contributed by atoms with Gasteiger partial charge in [0.15, 0.2) is 0 Å². The summed E-state index contributed by atoms with van der Waals surface area (Å²) in [6.45, 7) is 7.05. The molecule has 196 valence electrons. The molecule has 0 heterocycles. The van der Waals surface area contributed by atoms with E-state index in [0.29, 0.717) is 18.8 Å². The van der Waals surface area contributed by atoms with E-state index in [-0.39, 0.29) is 41.7 Å². The molecule has 3 saturated carbocycles. The van der Waals surface area contributed by atoms with Gasteiger partial charge in [-0.05, 0) is 67.7 Å². The maximum absolute atomic E-state index is 13.5. The number of carboxylic acid groups (broad SMARTS) is 1. The second kappa shape index (κ2) is 10.8. The summed E-state index contributed by atoms with van der Waals surface area (Å²) in [6.07, 6.45) is 9.30. The van der Waals surface area contributed by atoms with Gasteiger partial charge in [0, 0.05) is 6.04 Å². The molecular formula is C24H44N4O5S. The molecular weight excluding hydrogens is 456 g/mol. The van der Waals surface area contributed by atoms with Gasteiger partial charge in [0.2, 0.25) is 5.91 Å². The first-order valence-corrected chi connectivity index (χ1v) is 14.4. The van der Waals surface area contributed by atoms with Gasteiger partial charge in [-0.3, -0.25) is 9.59 Å². The molecule has 0 aromatic carbocycles. The van der Waals surface area contributed by atoms with E-state index in [1.54, 1.807) is 0 Å². The van der Waals surface area contributed by atoms with Crippen LogP contribution in [0.4, 0.5) is 0 Å². The molecule has 0 aromatic rings. The molecule has 5 atom stereocenters. The minimum atomic E-state index is -4.22. The molecule has 0 unspecified atom stereocenters. The van der Waals surface area contributed by atoms with Gasteiger partial charge in [-0.15, -0.1) is 0 Å². The normalized spacial score (nSPS) is 30.7. The average Bonchev–Trinajstić information content (AvgIpc) is 3.10. The fraction of sp³-hybridized carbons (Fsp3) is 0.917. The van der Waals surface area contributed by atoms with Crippen LogP contribution in [-0.2, 0) is 19.8 Å². The van der Waals surface area contributed by atoms with Crippen LogP contribution in [-0.4, -0.2) is 50.1 Å². The number of nitrogens with one attached hydrogen (secondary N) is 3. The molecule has 1 amide bonds. The molecule has 0 aliphatic heterocycles. The Morgan fingerprint density at radius 1 is 1.06 bits per heavy atom. The number of hydrogen-bond donors (Lipinski definition) is 5. The quantitative estimate of drug-likeness (QED) is 0.277. The Bertz CT molecular complexity index is 842. The second-order valence-corrected chi connectivity index (χ2v) is 13.0. The lowest BCUT2D eigenvalue weighted by atomic mass is 9.69. The van der Waals surface area contributed by atoms with Crippen LogP contribution < -0.4 is 20.5 Å². The van der Waals surface area contributed by atoms with Crippen LogP contribution in [0.3, 0.4) is 0 Å². The summed E-state index contributed by atoms with van der Waals surface area (Å²) in [4.78, 5) is 25.0. The summed E-state index contributed by atoms with van der Waals surface area (Å²) in [7, 11) is -4.22. The van der Waals surface area contributed by atoms with Crippen molar-refractivity contribution >= 4 is 22.1 Å². The summed E-state index contributed by atoms with van der Waals surface area (Å²) in [5.41, 5.74) is 5.57. The molecule has 10 heteroatoms. The van der Waals surface area contributed by atoms with Gasteiger partial charge in [0.1, 0.15) is 12.1 Å². The van der Waals surface area contributed by atoms with Gasteiger partial charge in [-0.1, -0.05) is 52.9 Å². The second-order valence-electron chi connectivity index (χ2n) is 11.5. The first kappa shape index (κ1) is 27.4. The Balaban J connectivity index is 1.72. The molecule has 3 aliphatic carbocycles. The Labute approximate surface area is 204 Å².